The van der Waals surface area contributed by atoms with Crippen LogP contribution in [0.2, 0.25) is 0 Å². The summed E-state index contributed by atoms with van der Waals surface area (Å²) >= 11 is 18.2. The van der Waals surface area contributed by atoms with Crippen LogP contribution in [-0.4, -0.2) is 38.7 Å². The van der Waals surface area contributed by atoms with Crippen LogP contribution in [0.3, 0.4) is 0 Å². The molecule has 1 aromatic carbocycles. The average molecular weight is 676 g/mol. The molecule has 0 radical (unpaired) electrons. The standard InChI is InChI=1S/C12H10Br5N3O3S/c13-7-8(14)10(16)12(11(17)9(7)15)23-5-2-1-3-6(4-5)24(21,22)20-19-18/h1-4,7-12H. The Balaban J connectivity index is 2.29. The molecule has 4 unspecified atom stereocenters. The van der Waals surface area contributed by atoms with Gasteiger partial charge in [-0.15, -0.1) is 0 Å². The summed E-state index contributed by atoms with van der Waals surface area (Å²) in [5, 5.41) is 0. The SMILES string of the molecule is [N-]=[N+]=NS(=O)(=O)c1cccc(OC2C(Br)C(Br)C(Br)C(Br)C2Br)c1. The first-order valence-corrected chi connectivity index (χ1v) is 12.5. The molecule has 0 aliphatic heterocycles. The lowest BCUT2D eigenvalue weighted by atomic mass is 9.97. The molecule has 0 N–H and O–H groups in total. The number of azide groups is 1. The highest BCUT2D eigenvalue weighted by atomic mass is 79.9. The molecule has 132 valence electrons. The fraction of sp³-hybridized carbons (Fsp3) is 0.500. The Bertz CT molecular complexity index is 742. The smallest absolute Gasteiger partial charge is 0.264 e. The zero-order valence-electron chi connectivity index (χ0n) is 11.6. The van der Waals surface area contributed by atoms with Gasteiger partial charge in [0.25, 0.3) is 10.0 Å². The van der Waals surface area contributed by atoms with Crippen LogP contribution >= 0.6 is 79.6 Å². The lowest BCUT2D eigenvalue weighted by Crippen LogP contribution is -2.55. The normalized spacial score (nSPS) is 33.5. The molecule has 1 aromatic rings. The molecule has 1 aliphatic carbocycles. The van der Waals surface area contributed by atoms with Crippen molar-refractivity contribution >= 4 is 89.7 Å². The number of rotatable bonds is 4. The van der Waals surface area contributed by atoms with Crippen LogP contribution in [0.25, 0.3) is 10.4 Å². The van der Waals surface area contributed by atoms with E-state index in [1.807, 2.05) is 0 Å². The third kappa shape index (κ3) is 4.50. The maximum atomic E-state index is 11.8. The zero-order valence-corrected chi connectivity index (χ0v) is 20.4. The van der Waals surface area contributed by atoms with E-state index >= 15 is 0 Å². The van der Waals surface area contributed by atoms with Crippen molar-refractivity contribution in [2.45, 2.75) is 35.1 Å². The number of ether oxygens (including phenoxy) is 1. The number of nitrogens with zero attached hydrogens (tertiary/aromatic N) is 3. The molecular weight excluding hydrogens is 666 g/mol. The van der Waals surface area contributed by atoms with E-state index < -0.39 is 10.0 Å². The first-order chi connectivity index (χ1) is 11.2. The van der Waals surface area contributed by atoms with Gasteiger partial charge in [-0.05, 0) is 23.7 Å². The van der Waals surface area contributed by atoms with Crippen molar-refractivity contribution in [2.75, 3.05) is 0 Å². The number of benzene rings is 1. The van der Waals surface area contributed by atoms with Gasteiger partial charge in [0, 0.05) is 23.9 Å². The topological polar surface area (TPSA) is 92.1 Å². The van der Waals surface area contributed by atoms with Gasteiger partial charge in [0.2, 0.25) is 0 Å². The van der Waals surface area contributed by atoms with Gasteiger partial charge in [0.1, 0.15) is 11.9 Å². The number of hydrogen-bond donors (Lipinski definition) is 0. The summed E-state index contributed by atoms with van der Waals surface area (Å²) in [5.41, 5.74) is 8.37. The van der Waals surface area contributed by atoms with Gasteiger partial charge in [-0.25, -0.2) is 8.42 Å². The first kappa shape index (κ1) is 21.0. The van der Waals surface area contributed by atoms with Crippen LogP contribution in [-0.2, 0) is 10.0 Å². The van der Waals surface area contributed by atoms with Crippen LogP contribution in [0, 0.1) is 0 Å². The molecule has 1 fully saturated rings. The maximum absolute atomic E-state index is 11.8. The maximum Gasteiger partial charge on any atom is 0.264 e. The van der Waals surface area contributed by atoms with E-state index in [9.17, 15) is 8.42 Å². The van der Waals surface area contributed by atoms with Gasteiger partial charge in [0.05, 0.1) is 14.5 Å². The van der Waals surface area contributed by atoms with E-state index in [2.05, 4.69) is 89.1 Å². The van der Waals surface area contributed by atoms with E-state index in [0.717, 1.165) is 0 Å². The summed E-state index contributed by atoms with van der Waals surface area (Å²) < 4.78 is 32.5. The molecule has 0 aromatic heterocycles. The number of halogens is 5. The van der Waals surface area contributed by atoms with Crippen molar-refractivity contribution in [2.24, 2.45) is 4.52 Å². The van der Waals surface area contributed by atoms with Gasteiger partial charge in [-0.3, -0.25) is 0 Å². The van der Waals surface area contributed by atoms with E-state index in [1.54, 1.807) is 6.07 Å². The molecule has 4 atom stereocenters. The van der Waals surface area contributed by atoms with E-state index in [1.165, 1.54) is 18.2 Å². The fourth-order valence-electron chi connectivity index (χ4n) is 2.16. The molecule has 6 nitrogen and oxygen atoms in total. The van der Waals surface area contributed by atoms with E-state index in [-0.39, 0.29) is 35.1 Å². The summed E-state index contributed by atoms with van der Waals surface area (Å²) in [4.78, 5) is 2.52. The average Bonchev–Trinajstić information content (AvgIpc) is 2.55. The van der Waals surface area contributed by atoms with Crippen LogP contribution in [0.15, 0.2) is 33.7 Å². The highest BCUT2D eigenvalue weighted by molar-refractivity contribution is 9.15. The minimum atomic E-state index is -4.05. The Hall–Kier alpha value is 0.680. The van der Waals surface area contributed by atoms with Gasteiger partial charge in [0.15, 0.2) is 0 Å². The molecular formula is C12H10Br5N3O3S. The van der Waals surface area contributed by atoms with Crippen LogP contribution in [0.1, 0.15) is 0 Å². The second-order valence-corrected chi connectivity index (χ2v) is 11.8. The minimum Gasteiger partial charge on any atom is -0.488 e. The second-order valence-electron chi connectivity index (χ2n) is 4.93. The Morgan fingerprint density at radius 2 is 1.54 bits per heavy atom. The Labute approximate surface area is 181 Å². The molecule has 24 heavy (non-hydrogen) atoms. The zero-order chi connectivity index (χ0) is 18.1. The molecule has 0 saturated heterocycles. The van der Waals surface area contributed by atoms with Crippen molar-refractivity contribution in [3.8, 4) is 5.75 Å². The molecule has 0 spiro atoms. The van der Waals surface area contributed by atoms with Gasteiger partial charge in [-0.2, -0.15) is 0 Å². The van der Waals surface area contributed by atoms with E-state index in [0.29, 0.717) is 5.75 Å². The quantitative estimate of drug-likeness (QED) is 0.189. The van der Waals surface area contributed by atoms with Crippen molar-refractivity contribution < 1.29 is 13.2 Å². The van der Waals surface area contributed by atoms with Crippen molar-refractivity contribution in [3.63, 3.8) is 0 Å². The molecule has 0 heterocycles. The molecule has 2 rings (SSSR count). The number of hydrogen-bond acceptors (Lipinski definition) is 3. The van der Waals surface area contributed by atoms with Crippen LogP contribution < -0.4 is 4.74 Å². The minimum absolute atomic E-state index is 0.0301. The summed E-state index contributed by atoms with van der Waals surface area (Å²) in [6, 6.07) is 5.89. The van der Waals surface area contributed by atoms with E-state index in [4.69, 9.17) is 10.3 Å². The summed E-state index contributed by atoms with van der Waals surface area (Å²) in [5.74, 6) is 0.371. The lowest BCUT2D eigenvalue weighted by molar-refractivity contribution is 0.182. The van der Waals surface area contributed by atoms with Crippen molar-refractivity contribution in [1.29, 1.82) is 0 Å². The molecule has 12 heteroatoms. The van der Waals surface area contributed by atoms with Crippen LogP contribution in [0.4, 0.5) is 0 Å². The predicted octanol–water partition coefficient (Wildman–Crippen LogP) is 5.26. The summed E-state index contributed by atoms with van der Waals surface area (Å²) in [6.07, 6.45) is -0.273. The van der Waals surface area contributed by atoms with Gasteiger partial charge in [-0.1, -0.05) is 85.7 Å². The van der Waals surface area contributed by atoms with Crippen molar-refractivity contribution in [1.82, 2.24) is 0 Å². The highest BCUT2D eigenvalue weighted by Gasteiger charge is 2.47. The largest absolute Gasteiger partial charge is 0.488 e. The van der Waals surface area contributed by atoms with Gasteiger partial charge < -0.3 is 4.74 Å². The summed E-state index contributed by atoms with van der Waals surface area (Å²) in [7, 11) is -4.05. The highest BCUT2D eigenvalue weighted by Crippen LogP contribution is 2.43. The molecule has 0 amide bonds. The fourth-order valence-corrected chi connectivity index (χ4v) is 7.95. The monoisotopic (exact) mass is 671 g/mol. The predicted molar refractivity (Wildman–Crippen MR) is 111 cm³/mol. The van der Waals surface area contributed by atoms with Gasteiger partial charge >= 0.3 is 0 Å². The third-order valence-electron chi connectivity index (χ3n) is 3.36. The molecule has 1 saturated carbocycles. The Morgan fingerprint density at radius 3 is 2.08 bits per heavy atom. The molecule has 0 bridgehead atoms. The van der Waals surface area contributed by atoms with Crippen LogP contribution in [0.5, 0.6) is 5.75 Å². The number of alkyl halides is 5. The lowest BCUT2D eigenvalue weighted by Gasteiger charge is -2.41. The van der Waals surface area contributed by atoms with Crippen molar-refractivity contribution in [3.05, 3.63) is 34.7 Å². The Kier molecular flexibility index (Phi) is 7.50. The Morgan fingerprint density at radius 1 is 1.00 bits per heavy atom. The number of sulfonamides is 1. The third-order valence-corrected chi connectivity index (χ3v) is 12.9. The summed E-state index contributed by atoms with van der Waals surface area (Å²) in [6.45, 7) is 0. The molecule has 1 aliphatic rings. The first-order valence-electron chi connectivity index (χ1n) is 6.47. The second kappa shape index (κ2) is 8.58.